The molecule has 0 saturated carbocycles. The van der Waals surface area contributed by atoms with Crippen LogP contribution in [0.25, 0.3) is 0 Å². The van der Waals surface area contributed by atoms with Crippen molar-refractivity contribution in [2.45, 2.75) is 17.2 Å². The first-order valence-corrected chi connectivity index (χ1v) is 13.3. The summed E-state index contributed by atoms with van der Waals surface area (Å²) >= 11 is 0. The lowest BCUT2D eigenvalue weighted by atomic mass is 10.0. The summed E-state index contributed by atoms with van der Waals surface area (Å²) < 4.78 is 70.9. The Labute approximate surface area is 214 Å². The molecule has 0 bridgehead atoms. The molecule has 196 valence electrons. The highest BCUT2D eigenvalue weighted by atomic mass is 32.2. The van der Waals surface area contributed by atoms with Crippen molar-refractivity contribution in [3.05, 3.63) is 78.4 Å². The van der Waals surface area contributed by atoms with E-state index in [1.54, 1.807) is 18.2 Å². The lowest BCUT2D eigenvalue weighted by molar-refractivity contribution is -0.286. The van der Waals surface area contributed by atoms with Crippen LogP contribution < -0.4 is 18.9 Å². The first-order chi connectivity index (χ1) is 17.7. The van der Waals surface area contributed by atoms with Crippen LogP contribution in [0, 0.1) is 0 Å². The molecule has 0 spiro atoms. The van der Waals surface area contributed by atoms with E-state index in [0.29, 0.717) is 30.2 Å². The summed E-state index contributed by atoms with van der Waals surface area (Å²) in [6.07, 6.45) is -3.72. The average molecular weight is 532 g/mol. The number of hydrogen-bond donors (Lipinski definition) is 1. The maximum Gasteiger partial charge on any atom is 0.586 e. The van der Waals surface area contributed by atoms with Crippen molar-refractivity contribution < 1.29 is 31.4 Å². The number of alkyl halides is 2. The molecule has 1 N–H and O–H groups in total. The van der Waals surface area contributed by atoms with E-state index >= 15 is 0 Å². The van der Waals surface area contributed by atoms with Gasteiger partial charge in [0.15, 0.2) is 11.5 Å². The summed E-state index contributed by atoms with van der Waals surface area (Å²) in [4.78, 5) is 4.40. The van der Waals surface area contributed by atoms with E-state index in [1.165, 1.54) is 24.3 Å². The van der Waals surface area contributed by atoms with Crippen LogP contribution in [0.4, 0.5) is 8.78 Å². The Balaban J connectivity index is 1.32. The number of likely N-dealkylation sites (N-methyl/N-ethyl adjacent to an activating group) is 1. The van der Waals surface area contributed by atoms with E-state index in [0.717, 1.165) is 13.1 Å². The number of piperazine rings is 1. The average Bonchev–Trinajstić information content (AvgIpc) is 3.19. The molecule has 0 aromatic heterocycles. The summed E-state index contributed by atoms with van der Waals surface area (Å²) in [5, 5.41) is 0. The molecule has 0 amide bonds. The Kier molecular flexibility index (Phi) is 7.04. The third-order valence-electron chi connectivity index (χ3n) is 6.37. The second-order valence-electron chi connectivity index (χ2n) is 8.97. The standard InChI is InChI=1S/C26H27F2N3O5S/c1-30-13-15-31(16-14-30)23(19-7-12-24-25(17-19)36-26(27,28)35-24)18-29-37(32,33)22-10-8-21(9-11-22)34-20-5-3-2-4-6-20/h2-12,17,23,29H,13-16,18H2,1H3. The molecule has 3 aromatic carbocycles. The minimum Gasteiger partial charge on any atom is -0.457 e. The van der Waals surface area contributed by atoms with Crippen molar-refractivity contribution in [2.75, 3.05) is 39.8 Å². The van der Waals surface area contributed by atoms with E-state index in [4.69, 9.17) is 4.74 Å². The molecule has 8 nitrogen and oxygen atoms in total. The molecule has 0 aliphatic carbocycles. The van der Waals surface area contributed by atoms with E-state index < -0.39 is 22.4 Å². The number of para-hydroxylation sites is 1. The van der Waals surface area contributed by atoms with Gasteiger partial charge < -0.3 is 19.1 Å². The molecule has 1 fully saturated rings. The monoisotopic (exact) mass is 531 g/mol. The molecular formula is C26H27F2N3O5S. The predicted octanol–water partition coefficient (Wildman–Crippen LogP) is 4.07. The van der Waals surface area contributed by atoms with Crippen LogP contribution in [-0.2, 0) is 10.0 Å². The topological polar surface area (TPSA) is 80.3 Å². The van der Waals surface area contributed by atoms with Gasteiger partial charge in [-0.25, -0.2) is 13.1 Å². The highest BCUT2D eigenvalue weighted by Crippen LogP contribution is 2.42. The normalized spacial score (nSPS) is 18.5. The molecule has 1 unspecified atom stereocenters. The third kappa shape index (κ3) is 6.02. The number of rotatable bonds is 8. The van der Waals surface area contributed by atoms with Crippen LogP contribution in [0.5, 0.6) is 23.0 Å². The van der Waals surface area contributed by atoms with Gasteiger partial charge in [-0.2, -0.15) is 0 Å². The number of nitrogens with one attached hydrogen (secondary N) is 1. The molecular weight excluding hydrogens is 504 g/mol. The summed E-state index contributed by atoms with van der Waals surface area (Å²) in [7, 11) is -1.83. The fourth-order valence-corrected chi connectivity index (χ4v) is 5.39. The van der Waals surface area contributed by atoms with Gasteiger partial charge in [0, 0.05) is 38.8 Å². The van der Waals surface area contributed by atoms with Crippen LogP contribution in [0.3, 0.4) is 0 Å². The number of sulfonamides is 1. The maximum absolute atomic E-state index is 13.5. The summed E-state index contributed by atoms with van der Waals surface area (Å²) in [5.74, 6) is 1.04. The van der Waals surface area contributed by atoms with Gasteiger partial charge in [-0.15, -0.1) is 8.78 Å². The molecule has 1 saturated heterocycles. The van der Waals surface area contributed by atoms with Gasteiger partial charge in [-0.3, -0.25) is 4.90 Å². The predicted molar refractivity (Wildman–Crippen MR) is 133 cm³/mol. The Morgan fingerprint density at radius 2 is 1.57 bits per heavy atom. The Morgan fingerprint density at radius 1 is 0.919 bits per heavy atom. The van der Waals surface area contributed by atoms with Crippen LogP contribution in [0.2, 0.25) is 0 Å². The van der Waals surface area contributed by atoms with Crippen LogP contribution in [0.15, 0.2) is 77.7 Å². The zero-order valence-corrected chi connectivity index (χ0v) is 21.0. The van der Waals surface area contributed by atoms with Crippen LogP contribution in [0.1, 0.15) is 11.6 Å². The fraction of sp³-hybridized carbons (Fsp3) is 0.308. The van der Waals surface area contributed by atoms with E-state index in [9.17, 15) is 17.2 Å². The largest absolute Gasteiger partial charge is 0.586 e. The van der Waals surface area contributed by atoms with E-state index in [2.05, 4.69) is 24.0 Å². The second kappa shape index (κ2) is 10.3. The van der Waals surface area contributed by atoms with E-state index in [-0.39, 0.29) is 22.9 Å². The highest BCUT2D eigenvalue weighted by molar-refractivity contribution is 7.89. The maximum atomic E-state index is 13.5. The molecule has 37 heavy (non-hydrogen) atoms. The van der Waals surface area contributed by atoms with Crippen molar-refractivity contribution in [2.24, 2.45) is 0 Å². The number of halogens is 2. The number of ether oxygens (including phenoxy) is 3. The summed E-state index contributed by atoms with van der Waals surface area (Å²) in [6, 6.07) is 19.5. The van der Waals surface area contributed by atoms with Crippen LogP contribution >= 0.6 is 0 Å². The quantitative estimate of drug-likeness (QED) is 0.470. The van der Waals surface area contributed by atoms with Crippen molar-refractivity contribution >= 4 is 10.0 Å². The Hall–Kier alpha value is -3.25. The molecule has 2 heterocycles. The minimum absolute atomic E-state index is 0.0460. The number of benzene rings is 3. The fourth-order valence-electron chi connectivity index (χ4n) is 4.35. The second-order valence-corrected chi connectivity index (χ2v) is 10.7. The van der Waals surface area contributed by atoms with Crippen molar-refractivity contribution in [3.8, 4) is 23.0 Å². The van der Waals surface area contributed by atoms with Gasteiger partial charge >= 0.3 is 6.29 Å². The van der Waals surface area contributed by atoms with E-state index in [1.807, 2.05) is 37.4 Å². The molecule has 2 aliphatic heterocycles. The SMILES string of the molecule is CN1CCN(C(CNS(=O)(=O)c2ccc(Oc3ccccc3)cc2)c2ccc3c(c2)OC(F)(F)O3)CC1. The molecule has 11 heteroatoms. The molecule has 2 aliphatic rings. The molecule has 3 aromatic rings. The Bertz CT molecular complexity index is 1330. The zero-order valence-electron chi connectivity index (χ0n) is 20.1. The first-order valence-electron chi connectivity index (χ1n) is 11.8. The van der Waals surface area contributed by atoms with Gasteiger partial charge in [-0.1, -0.05) is 24.3 Å². The minimum atomic E-state index is -3.85. The van der Waals surface area contributed by atoms with Gasteiger partial charge in [-0.05, 0) is 61.1 Å². The highest BCUT2D eigenvalue weighted by Gasteiger charge is 2.43. The van der Waals surface area contributed by atoms with Crippen LogP contribution in [-0.4, -0.2) is 64.3 Å². The van der Waals surface area contributed by atoms with Crippen molar-refractivity contribution in [1.82, 2.24) is 14.5 Å². The molecule has 0 radical (unpaired) electrons. The third-order valence-corrected chi connectivity index (χ3v) is 7.81. The summed E-state index contributed by atoms with van der Waals surface area (Å²) in [5.41, 5.74) is 0.652. The lowest BCUT2D eigenvalue weighted by Gasteiger charge is -2.38. The summed E-state index contributed by atoms with van der Waals surface area (Å²) in [6.45, 7) is 3.03. The van der Waals surface area contributed by atoms with Gasteiger partial charge in [0.05, 0.1) is 4.90 Å². The van der Waals surface area contributed by atoms with Gasteiger partial charge in [0.1, 0.15) is 11.5 Å². The number of hydrogen-bond acceptors (Lipinski definition) is 7. The smallest absolute Gasteiger partial charge is 0.457 e. The molecule has 5 rings (SSSR count). The lowest BCUT2D eigenvalue weighted by Crippen LogP contribution is -2.48. The first kappa shape index (κ1) is 25.4. The number of fused-ring (bicyclic) bond motifs is 1. The van der Waals surface area contributed by atoms with Gasteiger partial charge in [0.2, 0.25) is 10.0 Å². The number of nitrogens with zero attached hydrogens (tertiary/aromatic N) is 2. The van der Waals surface area contributed by atoms with Crippen molar-refractivity contribution in [3.63, 3.8) is 0 Å². The van der Waals surface area contributed by atoms with Crippen molar-refractivity contribution in [1.29, 1.82) is 0 Å². The molecule has 1 atom stereocenters. The zero-order chi connectivity index (χ0) is 26.0. The van der Waals surface area contributed by atoms with Gasteiger partial charge in [0.25, 0.3) is 0 Å². The Morgan fingerprint density at radius 3 is 2.27 bits per heavy atom.